The van der Waals surface area contributed by atoms with Crippen molar-refractivity contribution in [2.45, 2.75) is 26.3 Å². The largest absolute Gasteiger partial charge is 0.341 e. The third-order valence-electron chi connectivity index (χ3n) is 5.30. The molecule has 1 heterocycles. The second-order valence-electron chi connectivity index (χ2n) is 7.50. The lowest BCUT2D eigenvalue weighted by Gasteiger charge is -2.07. The molecular formula is C25H22Cl2N4O2. The molecule has 2 N–H and O–H groups in total. The van der Waals surface area contributed by atoms with Crippen molar-refractivity contribution in [3.8, 4) is 0 Å². The van der Waals surface area contributed by atoms with Gasteiger partial charge >= 0.3 is 0 Å². The van der Waals surface area contributed by atoms with Gasteiger partial charge < -0.3 is 9.88 Å². The molecule has 0 fully saturated rings. The number of nitrogens with zero attached hydrogens (tertiary/aromatic N) is 2. The van der Waals surface area contributed by atoms with E-state index in [2.05, 4.69) is 51.6 Å². The van der Waals surface area contributed by atoms with Gasteiger partial charge in [0.1, 0.15) is 0 Å². The van der Waals surface area contributed by atoms with Crippen LogP contribution < -0.4 is 10.7 Å². The fourth-order valence-electron chi connectivity index (χ4n) is 3.76. The Kier molecular flexibility index (Phi) is 6.96. The van der Waals surface area contributed by atoms with E-state index in [9.17, 15) is 9.59 Å². The number of nitrogens with one attached hydrogen (secondary N) is 2. The molecule has 6 nitrogen and oxygen atoms in total. The molecule has 0 aliphatic rings. The number of hydrogen-bond acceptors (Lipinski definition) is 3. The summed E-state index contributed by atoms with van der Waals surface area (Å²) in [6.07, 6.45) is 1.60. The fourth-order valence-corrected chi connectivity index (χ4v) is 4.21. The second kappa shape index (κ2) is 10.1. The summed E-state index contributed by atoms with van der Waals surface area (Å²) in [7, 11) is 0. The summed E-state index contributed by atoms with van der Waals surface area (Å²) in [5.74, 6) is -0.677. The third-order valence-corrected chi connectivity index (χ3v) is 5.85. The maximum Gasteiger partial charge on any atom is 0.240 e. The van der Waals surface area contributed by atoms with Crippen LogP contribution in [0, 0.1) is 0 Å². The lowest BCUT2D eigenvalue weighted by atomic mass is 10.1. The molecule has 0 radical (unpaired) electrons. The van der Waals surface area contributed by atoms with E-state index in [0.717, 1.165) is 23.0 Å². The van der Waals surface area contributed by atoms with Gasteiger partial charge in [-0.1, -0.05) is 47.5 Å². The summed E-state index contributed by atoms with van der Waals surface area (Å²) in [6, 6.07) is 19.2. The zero-order valence-corrected chi connectivity index (χ0v) is 19.5. The topological polar surface area (TPSA) is 75.5 Å². The quantitative estimate of drug-likeness (QED) is 0.251. The molecule has 1 aromatic heterocycles. The van der Waals surface area contributed by atoms with Gasteiger partial charge in [-0.2, -0.15) is 5.10 Å². The average Bonchev–Trinajstić information content (AvgIpc) is 3.12. The normalized spacial score (nSPS) is 11.4. The number of aromatic nitrogens is 1. The highest BCUT2D eigenvalue weighted by atomic mass is 35.5. The molecule has 4 rings (SSSR count). The smallest absolute Gasteiger partial charge is 0.240 e. The van der Waals surface area contributed by atoms with Crippen molar-refractivity contribution < 1.29 is 9.59 Å². The number of aryl methyl sites for hydroxylation is 1. The number of halogens is 2. The highest BCUT2D eigenvalue weighted by molar-refractivity contribution is 6.36. The Morgan fingerprint density at radius 3 is 2.48 bits per heavy atom. The van der Waals surface area contributed by atoms with E-state index in [-0.39, 0.29) is 24.7 Å². The van der Waals surface area contributed by atoms with Crippen LogP contribution in [0.3, 0.4) is 0 Å². The Bertz CT molecular complexity index is 1380. The molecule has 0 aliphatic carbocycles. The van der Waals surface area contributed by atoms with Gasteiger partial charge in [-0.05, 0) is 48.9 Å². The van der Waals surface area contributed by atoms with Crippen LogP contribution in [0.1, 0.15) is 25.3 Å². The molecular weight excluding hydrogens is 459 g/mol. The van der Waals surface area contributed by atoms with Crippen LogP contribution >= 0.6 is 23.2 Å². The monoisotopic (exact) mass is 480 g/mol. The molecule has 0 unspecified atom stereocenters. The number of para-hydroxylation sites is 1. The molecule has 8 heteroatoms. The van der Waals surface area contributed by atoms with Gasteiger partial charge in [0.05, 0.1) is 16.9 Å². The van der Waals surface area contributed by atoms with E-state index in [1.54, 1.807) is 18.3 Å². The predicted octanol–water partition coefficient (Wildman–Crippen LogP) is 5.99. The number of fused-ring (bicyclic) bond motifs is 3. The van der Waals surface area contributed by atoms with Crippen molar-refractivity contribution in [1.82, 2.24) is 9.99 Å². The minimum atomic E-state index is -0.354. The maximum absolute atomic E-state index is 12.1. The second-order valence-corrected chi connectivity index (χ2v) is 8.35. The van der Waals surface area contributed by atoms with Crippen LogP contribution in [-0.4, -0.2) is 22.6 Å². The third kappa shape index (κ3) is 5.18. The molecule has 2 amide bonds. The molecule has 0 aliphatic heterocycles. The summed E-state index contributed by atoms with van der Waals surface area (Å²) >= 11 is 11.9. The molecule has 0 atom stereocenters. The molecule has 0 saturated carbocycles. The number of benzene rings is 3. The minimum Gasteiger partial charge on any atom is -0.341 e. The summed E-state index contributed by atoms with van der Waals surface area (Å²) in [6.45, 7) is 3.01. The van der Waals surface area contributed by atoms with Crippen molar-refractivity contribution in [2.24, 2.45) is 5.10 Å². The highest BCUT2D eigenvalue weighted by Gasteiger charge is 2.10. The zero-order valence-electron chi connectivity index (χ0n) is 17.9. The summed E-state index contributed by atoms with van der Waals surface area (Å²) in [5, 5.41) is 9.84. The van der Waals surface area contributed by atoms with E-state index in [1.807, 2.05) is 18.2 Å². The van der Waals surface area contributed by atoms with Crippen LogP contribution in [0.4, 0.5) is 5.69 Å². The maximum atomic E-state index is 12.1. The molecule has 168 valence electrons. The van der Waals surface area contributed by atoms with Gasteiger partial charge in [-0.3, -0.25) is 9.59 Å². The van der Waals surface area contributed by atoms with Crippen molar-refractivity contribution in [3.63, 3.8) is 0 Å². The number of carbonyl (C=O) groups excluding carboxylic acids is 2. The number of carbonyl (C=O) groups is 2. The van der Waals surface area contributed by atoms with Crippen molar-refractivity contribution in [3.05, 3.63) is 76.3 Å². The lowest BCUT2D eigenvalue weighted by Crippen LogP contribution is -2.20. The molecule has 33 heavy (non-hydrogen) atoms. The summed E-state index contributed by atoms with van der Waals surface area (Å²) in [4.78, 5) is 24.2. The van der Waals surface area contributed by atoms with E-state index in [1.165, 1.54) is 17.0 Å². The van der Waals surface area contributed by atoms with Crippen LogP contribution in [0.5, 0.6) is 0 Å². The standard InChI is InChI=1S/C25H22Cl2N4O2/c1-2-31-22-6-4-3-5-18(22)19-13-16(7-10-23(19)31)15-28-30-25(33)12-11-24(32)29-21-9-8-17(26)14-20(21)27/h3-10,13-15H,2,11-12H2,1H3,(H,29,32)(H,30,33)/b28-15+. The first kappa shape index (κ1) is 22.8. The van der Waals surface area contributed by atoms with Crippen molar-refractivity contribution >= 4 is 68.7 Å². The zero-order chi connectivity index (χ0) is 23.4. The average molecular weight is 481 g/mol. The van der Waals surface area contributed by atoms with Gasteiger partial charge in [0.15, 0.2) is 0 Å². The summed E-state index contributed by atoms with van der Waals surface area (Å²) < 4.78 is 2.27. The van der Waals surface area contributed by atoms with Crippen LogP contribution in [0.25, 0.3) is 21.8 Å². The molecule has 0 saturated heterocycles. The minimum absolute atomic E-state index is 0.00257. The lowest BCUT2D eigenvalue weighted by molar-refractivity contribution is -0.124. The van der Waals surface area contributed by atoms with Crippen molar-refractivity contribution in [2.75, 3.05) is 5.32 Å². The first-order valence-corrected chi connectivity index (χ1v) is 11.3. The van der Waals surface area contributed by atoms with Gasteiger partial charge in [-0.25, -0.2) is 5.43 Å². The Balaban J connectivity index is 1.35. The number of amides is 2. The Morgan fingerprint density at radius 2 is 1.70 bits per heavy atom. The van der Waals surface area contributed by atoms with Gasteiger partial charge in [0.2, 0.25) is 11.8 Å². The van der Waals surface area contributed by atoms with E-state index >= 15 is 0 Å². The number of hydrazone groups is 1. The molecule has 0 spiro atoms. The van der Waals surface area contributed by atoms with E-state index < -0.39 is 0 Å². The predicted molar refractivity (Wildman–Crippen MR) is 135 cm³/mol. The Morgan fingerprint density at radius 1 is 0.939 bits per heavy atom. The summed E-state index contributed by atoms with van der Waals surface area (Å²) in [5.41, 5.74) is 6.14. The van der Waals surface area contributed by atoms with Crippen LogP contribution in [0.2, 0.25) is 10.0 Å². The van der Waals surface area contributed by atoms with Gasteiger partial charge in [0.25, 0.3) is 0 Å². The number of anilines is 1. The highest BCUT2D eigenvalue weighted by Crippen LogP contribution is 2.29. The van der Waals surface area contributed by atoms with Gasteiger partial charge in [-0.15, -0.1) is 0 Å². The SMILES string of the molecule is CCn1c2ccccc2c2cc(/C=N/NC(=O)CCC(=O)Nc3ccc(Cl)cc3Cl)ccc21. The Hall–Kier alpha value is -3.35. The van der Waals surface area contributed by atoms with Crippen LogP contribution in [-0.2, 0) is 16.1 Å². The first-order valence-electron chi connectivity index (χ1n) is 10.5. The van der Waals surface area contributed by atoms with E-state index in [4.69, 9.17) is 23.2 Å². The molecule has 3 aromatic carbocycles. The van der Waals surface area contributed by atoms with Crippen molar-refractivity contribution in [1.29, 1.82) is 0 Å². The number of rotatable bonds is 7. The Labute approximate surface area is 201 Å². The van der Waals surface area contributed by atoms with Crippen LogP contribution in [0.15, 0.2) is 65.8 Å². The van der Waals surface area contributed by atoms with E-state index in [0.29, 0.717) is 15.7 Å². The van der Waals surface area contributed by atoms with Gasteiger partial charge in [0, 0.05) is 46.2 Å². The molecule has 4 aromatic rings. The fraction of sp³-hybridized carbons (Fsp3) is 0.160. The first-order chi connectivity index (χ1) is 16.0. The molecule has 0 bridgehead atoms. The number of hydrogen-bond donors (Lipinski definition) is 2.